The first-order valence-corrected chi connectivity index (χ1v) is 9.68. The molecule has 0 aliphatic rings. The van der Waals surface area contributed by atoms with Crippen LogP contribution in [0.3, 0.4) is 0 Å². The highest BCUT2D eigenvalue weighted by Gasteiger charge is 2.10. The van der Waals surface area contributed by atoms with Gasteiger partial charge < -0.3 is 19.8 Å². The first-order chi connectivity index (χ1) is 13.2. The van der Waals surface area contributed by atoms with E-state index in [0.29, 0.717) is 24.9 Å². The van der Waals surface area contributed by atoms with Crippen molar-refractivity contribution < 1.29 is 9.15 Å². The van der Waals surface area contributed by atoms with Crippen molar-refractivity contribution in [2.24, 2.45) is 4.99 Å². The van der Waals surface area contributed by atoms with E-state index in [4.69, 9.17) is 9.15 Å². The maximum atomic E-state index is 5.98. The summed E-state index contributed by atoms with van der Waals surface area (Å²) in [6.07, 6.45) is 1.67. The average molecular weight is 512 g/mol. The Balaban J connectivity index is 0.00000280. The van der Waals surface area contributed by atoms with Gasteiger partial charge >= 0.3 is 0 Å². The summed E-state index contributed by atoms with van der Waals surface area (Å²) in [5, 5.41) is 8.51. The summed E-state index contributed by atoms with van der Waals surface area (Å²) in [4.78, 5) is 9.75. The normalized spacial score (nSPS) is 12.2. The molecule has 3 rings (SSSR count). The van der Waals surface area contributed by atoms with Crippen LogP contribution in [0.5, 0.6) is 5.75 Å². The van der Waals surface area contributed by atoms with E-state index in [1.54, 1.807) is 24.6 Å². The molecule has 0 bridgehead atoms. The molecule has 0 amide bonds. The highest BCUT2D eigenvalue weighted by Crippen LogP contribution is 2.23. The summed E-state index contributed by atoms with van der Waals surface area (Å²) in [6, 6.07) is 12.0. The fourth-order valence-corrected chi connectivity index (χ4v) is 3.14. The lowest BCUT2D eigenvalue weighted by molar-refractivity contribution is 0.222. The number of benzene rings is 1. The molecule has 0 radical (unpaired) electrons. The highest BCUT2D eigenvalue weighted by atomic mass is 127. The van der Waals surface area contributed by atoms with Gasteiger partial charge in [0.2, 0.25) is 5.89 Å². The van der Waals surface area contributed by atoms with Gasteiger partial charge in [0.1, 0.15) is 18.1 Å². The van der Waals surface area contributed by atoms with Crippen LogP contribution in [-0.2, 0) is 6.54 Å². The molecule has 6 nitrogen and oxygen atoms in total. The number of nitrogens with zero attached hydrogens (tertiary/aromatic N) is 2. The van der Waals surface area contributed by atoms with Crippen molar-refractivity contribution in [3.8, 4) is 16.5 Å². The number of guanidine groups is 1. The number of oxazole rings is 1. The zero-order valence-corrected chi connectivity index (χ0v) is 19.3. The Kier molecular flexibility index (Phi) is 8.78. The molecule has 2 N–H and O–H groups in total. The number of aliphatic imine (C=N–C) groups is 1. The van der Waals surface area contributed by atoms with Gasteiger partial charge in [-0.2, -0.15) is 0 Å². The Morgan fingerprint density at radius 2 is 2.07 bits per heavy atom. The maximum absolute atomic E-state index is 5.98. The predicted molar refractivity (Wildman–Crippen MR) is 125 cm³/mol. The molecule has 2 heterocycles. The average Bonchev–Trinajstić information content (AvgIpc) is 3.35. The monoisotopic (exact) mass is 512 g/mol. The Labute approximate surface area is 186 Å². The third kappa shape index (κ3) is 6.23. The van der Waals surface area contributed by atoms with Gasteiger partial charge in [-0.25, -0.2) is 4.98 Å². The van der Waals surface area contributed by atoms with E-state index >= 15 is 0 Å². The molecule has 0 spiro atoms. The number of aryl methyl sites for hydroxylation is 1. The summed E-state index contributed by atoms with van der Waals surface area (Å²) in [5.74, 6) is 2.24. The molecular weight excluding hydrogens is 487 g/mol. The van der Waals surface area contributed by atoms with Crippen LogP contribution in [0.15, 0.2) is 57.5 Å². The smallest absolute Gasteiger partial charge is 0.236 e. The SMILES string of the molecule is CN=C(NCc1coc(-c2cccs2)n1)NCC(C)Oc1ccccc1C.I. The molecule has 0 aliphatic heterocycles. The lowest BCUT2D eigenvalue weighted by Crippen LogP contribution is -2.41. The van der Waals surface area contributed by atoms with E-state index < -0.39 is 0 Å². The number of hydrogen-bond acceptors (Lipinski definition) is 5. The van der Waals surface area contributed by atoms with E-state index in [-0.39, 0.29) is 30.1 Å². The molecule has 1 aromatic carbocycles. The van der Waals surface area contributed by atoms with Crippen LogP contribution in [0.4, 0.5) is 0 Å². The Morgan fingerprint density at radius 3 is 2.79 bits per heavy atom. The number of para-hydroxylation sites is 1. The molecule has 0 saturated heterocycles. The standard InChI is InChI=1S/C20H24N4O2S.HI/c1-14-7-4-5-8-17(14)26-15(2)11-22-20(21-3)23-12-16-13-25-19(24-16)18-9-6-10-27-18;/h4-10,13,15H,11-12H2,1-3H3,(H2,21,22,23);1H. The van der Waals surface area contributed by atoms with E-state index in [0.717, 1.165) is 21.9 Å². The van der Waals surface area contributed by atoms with Crippen LogP contribution in [0.25, 0.3) is 10.8 Å². The van der Waals surface area contributed by atoms with Crippen LogP contribution in [-0.4, -0.2) is 30.6 Å². The first kappa shape index (κ1) is 22.2. The van der Waals surface area contributed by atoms with Crippen molar-refractivity contribution in [2.45, 2.75) is 26.5 Å². The van der Waals surface area contributed by atoms with E-state index in [9.17, 15) is 0 Å². The molecule has 2 aromatic heterocycles. The minimum Gasteiger partial charge on any atom is -0.489 e. The third-order valence-corrected chi connectivity index (χ3v) is 4.78. The summed E-state index contributed by atoms with van der Waals surface area (Å²) in [7, 11) is 1.74. The van der Waals surface area contributed by atoms with Crippen LogP contribution >= 0.6 is 35.3 Å². The first-order valence-electron chi connectivity index (χ1n) is 8.81. The van der Waals surface area contributed by atoms with Crippen molar-refractivity contribution in [3.05, 3.63) is 59.3 Å². The molecule has 0 fully saturated rings. The topological polar surface area (TPSA) is 71.7 Å². The summed E-state index contributed by atoms with van der Waals surface area (Å²) >= 11 is 1.60. The summed E-state index contributed by atoms with van der Waals surface area (Å²) < 4.78 is 11.5. The molecule has 1 atom stereocenters. The van der Waals surface area contributed by atoms with Gasteiger partial charge in [0, 0.05) is 7.05 Å². The molecule has 8 heteroatoms. The van der Waals surface area contributed by atoms with Crippen LogP contribution in [0.1, 0.15) is 18.2 Å². The molecule has 150 valence electrons. The Bertz CT molecular complexity index is 880. The van der Waals surface area contributed by atoms with Crippen molar-refractivity contribution in [1.29, 1.82) is 0 Å². The van der Waals surface area contributed by atoms with Crippen LogP contribution in [0.2, 0.25) is 0 Å². The van der Waals surface area contributed by atoms with Gasteiger partial charge in [-0.15, -0.1) is 35.3 Å². The number of halogens is 1. The molecule has 0 saturated carbocycles. The maximum Gasteiger partial charge on any atom is 0.236 e. The minimum absolute atomic E-state index is 0. The largest absolute Gasteiger partial charge is 0.489 e. The lowest BCUT2D eigenvalue weighted by atomic mass is 10.2. The van der Waals surface area contributed by atoms with Crippen LogP contribution < -0.4 is 15.4 Å². The molecule has 0 aliphatic carbocycles. The van der Waals surface area contributed by atoms with Crippen molar-refractivity contribution >= 4 is 41.3 Å². The van der Waals surface area contributed by atoms with Gasteiger partial charge in [-0.1, -0.05) is 24.3 Å². The van der Waals surface area contributed by atoms with Gasteiger partial charge in [0.05, 0.1) is 23.7 Å². The second-order valence-electron chi connectivity index (χ2n) is 6.12. The van der Waals surface area contributed by atoms with Gasteiger partial charge in [0.15, 0.2) is 5.96 Å². The minimum atomic E-state index is 0. The fourth-order valence-electron chi connectivity index (χ4n) is 2.48. The number of nitrogens with one attached hydrogen (secondary N) is 2. The van der Waals surface area contributed by atoms with Crippen molar-refractivity contribution in [1.82, 2.24) is 15.6 Å². The molecule has 3 aromatic rings. The zero-order valence-electron chi connectivity index (χ0n) is 16.1. The second kappa shape index (κ2) is 11.1. The quantitative estimate of drug-likeness (QED) is 0.278. The zero-order chi connectivity index (χ0) is 19.1. The van der Waals surface area contributed by atoms with Crippen molar-refractivity contribution in [2.75, 3.05) is 13.6 Å². The van der Waals surface area contributed by atoms with Crippen LogP contribution in [0, 0.1) is 6.92 Å². The number of thiophene rings is 1. The van der Waals surface area contributed by atoms with Crippen molar-refractivity contribution in [3.63, 3.8) is 0 Å². The highest BCUT2D eigenvalue weighted by molar-refractivity contribution is 14.0. The Hall–Kier alpha value is -2.07. The predicted octanol–water partition coefficient (Wildman–Crippen LogP) is 4.46. The van der Waals surface area contributed by atoms with Gasteiger partial charge in [0.25, 0.3) is 0 Å². The summed E-state index contributed by atoms with van der Waals surface area (Å²) in [5.41, 5.74) is 1.95. The molecule has 1 unspecified atom stereocenters. The van der Waals surface area contributed by atoms with E-state index in [1.165, 1.54) is 0 Å². The van der Waals surface area contributed by atoms with E-state index in [1.807, 2.05) is 55.6 Å². The number of aromatic nitrogens is 1. The number of rotatable bonds is 7. The van der Waals surface area contributed by atoms with Gasteiger partial charge in [-0.05, 0) is 36.9 Å². The third-order valence-electron chi connectivity index (χ3n) is 3.92. The molecule has 28 heavy (non-hydrogen) atoms. The van der Waals surface area contributed by atoms with E-state index in [2.05, 4.69) is 20.6 Å². The molecular formula is C20H25IN4O2S. The summed E-state index contributed by atoms with van der Waals surface area (Å²) in [6.45, 7) is 5.23. The number of ether oxygens (including phenoxy) is 1. The fraction of sp³-hybridized carbons (Fsp3) is 0.300. The van der Waals surface area contributed by atoms with Gasteiger partial charge in [-0.3, -0.25) is 4.99 Å². The lowest BCUT2D eigenvalue weighted by Gasteiger charge is -2.18. The second-order valence-corrected chi connectivity index (χ2v) is 7.07. The Morgan fingerprint density at radius 1 is 1.25 bits per heavy atom. The number of hydrogen-bond donors (Lipinski definition) is 2.